The van der Waals surface area contributed by atoms with Crippen molar-refractivity contribution < 1.29 is 9.53 Å². The molecule has 0 spiro atoms. The molecule has 13 heavy (non-hydrogen) atoms. The van der Waals surface area contributed by atoms with Gasteiger partial charge in [-0.05, 0) is 25.0 Å². The summed E-state index contributed by atoms with van der Waals surface area (Å²) < 4.78 is 4.61. The third kappa shape index (κ3) is 3.43. The van der Waals surface area contributed by atoms with Gasteiger partial charge in [-0.1, -0.05) is 13.0 Å². The highest BCUT2D eigenvalue weighted by molar-refractivity contribution is 7.99. The number of ether oxygens (including phenoxy) is 1. The van der Waals surface area contributed by atoms with Crippen LogP contribution in [0.25, 0.3) is 0 Å². The summed E-state index contributed by atoms with van der Waals surface area (Å²) in [5, 5.41) is 0.584. The third-order valence-corrected chi connectivity index (χ3v) is 3.62. The molecule has 0 saturated carbocycles. The van der Waals surface area contributed by atoms with Gasteiger partial charge in [-0.25, -0.2) is 4.79 Å². The number of hydrogen-bond acceptors (Lipinski definition) is 3. The maximum absolute atomic E-state index is 11.1. The molecular formula is C10H16O2S. The van der Waals surface area contributed by atoms with E-state index in [0.29, 0.717) is 10.8 Å². The van der Waals surface area contributed by atoms with Crippen LogP contribution >= 0.6 is 11.8 Å². The van der Waals surface area contributed by atoms with Crippen LogP contribution in [0.5, 0.6) is 0 Å². The van der Waals surface area contributed by atoms with Gasteiger partial charge >= 0.3 is 5.97 Å². The smallest absolute Gasteiger partial charge is 0.333 e. The van der Waals surface area contributed by atoms with Gasteiger partial charge in [0.15, 0.2) is 0 Å². The first kappa shape index (κ1) is 10.6. The van der Waals surface area contributed by atoms with Crippen LogP contribution in [0.3, 0.4) is 0 Å². The molecule has 1 fully saturated rings. The topological polar surface area (TPSA) is 26.3 Å². The fourth-order valence-electron chi connectivity index (χ4n) is 1.47. The average Bonchev–Trinajstić information content (AvgIpc) is 2.18. The number of methoxy groups -OCH3 is 1. The van der Waals surface area contributed by atoms with Crippen LogP contribution in [-0.4, -0.2) is 24.1 Å². The highest BCUT2D eigenvalue weighted by Crippen LogP contribution is 2.29. The lowest BCUT2D eigenvalue weighted by Gasteiger charge is -2.21. The van der Waals surface area contributed by atoms with Gasteiger partial charge in [-0.3, -0.25) is 0 Å². The number of esters is 1. The summed E-state index contributed by atoms with van der Waals surface area (Å²) in [7, 11) is 1.40. The van der Waals surface area contributed by atoms with Gasteiger partial charge in [0.05, 0.1) is 7.11 Å². The van der Waals surface area contributed by atoms with Gasteiger partial charge in [0, 0.05) is 10.8 Å². The molecule has 0 aromatic rings. The number of carbonyl (C=O) groups excluding carboxylic acids is 1. The minimum absolute atomic E-state index is 0.258. The Morgan fingerprint density at radius 2 is 2.38 bits per heavy atom. The molecule has 2 nitrogen and oxygen atoms in total. The van der Waals surface area contributed by atoms with E-state index in [-0.39, 0.29) is 5.97 Å². The lowest BCUT2D eigenvalue weighted by molar-refractivity contribution is -0.136. The molecule has 1 rings (SSSR count). The molecule has 1 aliphatic heterocycles. The van der Waals surface area contributed by atoms with E-state index in [2.05, 4.69) is 11.3 Å². The molecule has 3 heteroatoms. The summed E-state index contributed by atoms with van der Waals surface area (Å²) in [6.45, 7) is 3.73. The zero-order chi connectivity index (χ0) is 9.68. The summed E-state index contributed by atoms with van der Waals surface area (Å²) in [6.07, 6.45) is 4.59. The molecule has 0 N–H and O–H groups in total. The first-order valence-corrected chi connectivity index (χ1v) is 5.66. The molecule has 1 saturated heterocycles. The molecule has 0 radical (unpaired) electrons. The minimum Gasteiger partial charge on any atom is -0.466 e. The van der Waals surface area contributed by atoms with Crippen molar-refractivity contribution in [2.75, 3.05) is 12.9 Å². The molecule has 0 aliphatic carbocycles. The first-order chi connectivity index (χ1) is 6.24. The SMILES string of the molecule is C=C(CC1CCCCS1)C(=O)OC. The summed E-state index contributed by atoms with van der Waals surface area (Å²) in [6, 6.07) is 0. The Kier molecular flexibility index (Phi) is 4.36. The lowest BCUT2D eigenvalue weighted by atomic mass is 10.1. The standard InChI is InChI=1S/C10H16O2S/c1-8(10(11)12-2)7-9-5-3-4-6-13-9/h9H,1,3-7H2,2H3. The van der Waals surface area contributed by atoms with E-state index in [1.165, 1.54) is 32.1 Å². The fraction of sp³-hybridized carbons (Fsp3) is 0.700. The average molecular weight is 200 g/mol. The molecular weight excluding hydrogens is 184 g/mol. The van der Waals surface area contributed by atoms with Crippen LogP contribution in [-0.2, 0) is 9.53 Å². The van der Waals surface area contributed by atoms with Crippen LogP contribution in [0.1, 0.15) is 25.7 Å². The van der Waals surface area contributed by atoms with E-state index in [1.54, 1.807) is 0 Å². The van der Waals surface area contributed by atoms with E-state index in [9.17, 15) is 4.79 Å². The van der Waals surface area contributed by atoms with Gasteiger partial charge in [0.25, 0.3) is 0 Å². The third-order valence-electron chi connectivity index (χ3n) is 2.22. The van der Waals surface area contributed by atoms with Crippen molar-refractivity contribution in [2.45, 2.75) is 30.9 Å². The van der Waals surface area contributed by atoms with Crippen molar-refractivity contribution >= 4 is 17.7 Å². The Morgan fingerprint density at radius 3 is 2.92 bits per heavy atom. The monoisotopic (exact) mass is 200 g/mol. The summed E-state index contributed by atoms with van der Waals surface area (Å²) in [4.78, 5) is 11.1. The number of hydrogen-bond donors (Lipinski definition) is 0. The zero-order valence-corrected chi connectivity index (χ0v) is 8.86. The molecule has 1 heterocycles. The van der Waals surface area contributed by atoms with Crippen molar-refractivity contribution in [1.82, 2.24) is 0 Å². The maximum Gasteiger partial charge on any atom is 0.333 e. The van der Waals surface area contributed by atoms with Crippen molar-refractivity contribution in [3.05, 3.63) is 12.2 Å². The Morgan fingerprint density at radius 1 is 1.62 bits per heavy atom. The molecule has 0 aromatic heterocycles. The Hall–Kier alpha value is -0.440. The second-order valence-corrected chi connectivity index (χ2v) is 4.70. The van der Waals surface area contributed by atoms with Gasteiger partial charge in [0.1, 0.15) is 0 Å². The normalized spacial score (nSPS) is 22.4. The summed E-state index contributed by atoms with van der Waals surface area (Å²) in [5.74, 6) is 0.963. The van der Waals surface area contributed by atoms with Crippen LogP contribution in [0.4, 0.5) is 0 Å². The number of thioether (sulfide) groups is 1. The summed E-state index contributed by atoms with van der Waals surface area (Å²) in [5.41, 5.74) is 0.613. The van der Waals surface area contributed by atoms with Crippen molar-refractivity contribution in [2.24, 2.45) is 0 Å². The molecule has 74 valence electrons. The lowest BCUT2D eigenvalue weighted by Crippen LogP contribution is -2.14. The largest absolute Gasteiger partial charge is 0.466 e. The van der Waals surface area contributed by atoms with Crippen LogP contribution in [0.15, 0.2) is 12.2 Å². The van der Waals surface area contributed by atoms with Gasteiger partial charge in [-0.15, -0.1) is 0 Å². The van der Waals surface area contributed by atoms with Crippen molar-refractivity contribution in [3.8, 4) is 0 Å². The van der Waals surface area contributed by atoms with Crippen LogP contribution in [0.2, 0.25) is 0 Å². The number of carbonyl (C=O) groups is 1. The van der Waals surface area contributed by atoms with E-state index >= 15 is 0 Å². The van der Waals surface area contributed by atoms with E-state index in [0.717, 1.165) is 6.42 Å². The highest BCUT2D eigenvalue weighted by Gasteiger charge is 2.17. The predicted octanol–water partition coefficient (Wildman–Crippen LogP) is 2.39. The predicted molar refractivity (Wildman–Crippen MR) is 55.9 cm³/mol. The molecule has 0 aromatic carbocycles. The summed E-state index contributed by atoms with van der Waals surface area (Å²) >= 11 is 1.95. The molecule has 1 aliphatic rings. The first-order valence-electron chi connectivity index (χ1n) is 4.61. The molecule has 1 atom stereocenters. The van der Waals surface area contributed by atoms with Crippen molar-refractivity contribution in [3.63, 3.8) is 0 Å². The van der Waals surface area contributed by atoms with Crippen molar-refractivity contribution in [1.29, 1.82) is 0 Å². The molecule has 1 unspecified atom stereocenters. The van der Waals surface area contributed by atoms with Gasteiger partial charge in [0.2, 0.25) is 0 Å². The molecule has 0 bridgehead atoms. The second-order valence-electron chi connectivity index (χ2n) is 3.29. The Balaban J connectivity index is 2.30. The minimum atomic E-state index is -0.258. The van der Waals surface area contributed by atoms with Gasteiger partial charge < -0.3 is 4.74 Å². The maximum atomic E-state index is 11.1. The fourth-order valence-corrected chi connectivity index (χ4v) is 2.83. The zero-order valence-electron chi connectivity index (χ0n) is 8.04. The second kappa shape index (κ2) is 5.32. The van der Waals surface area contributed by atoms with Crippen LogP contribution in [0, 0.1) is 0 Å². The quantitative estimate of drug-likeness (QED) is 0.517. The number of rotatable bonds is 3. The van der Waals surface area contributed by atoms with E-state index in [4.69, 9.17) is 0 Å². The highest BCUT2D eigenvalue weighted by atomic mass is 32.2. The van der Waals surface area contributed by atoms with Crippen LogP contribution < -0.4 is 0 Å². The Bertz CT molecular complexity index is 195. The van der Waals surface area contributed by atoms with E-state index in [1.807, 2.05) is 11.8 Å². The van der Waals surface area contributed by atoms with E-state index < -0.39 is 0 Å². The van der Waals surface area contributed by atoms with Gasteiger partial charge in [-0.2, -0.15) is 11.8 Å². The molecule has 0 amide bonds. The Labute approximate surface area is 83.7 Å².